The van der Waals surface area contributed by atoms with Crippen molar-refractivity contribution in [1.29, 1.82) is 0 Å². The van der Waals surface area contributed by atoms with Crippen molar-refractivity contribution < 1.29 is 0 Å². The van der Waals surface area contributed by atoms with Gasteiger partial charge in [-0.05, 0) is 86.9 Å². The molecule has 234 valence electrons. The summed E-state index contributed by atoms with van der Waals surface area (Å²) < 4.78 is 0. The molecule has 2 heteroatoms. The van der Waals surface area contributed by atoms with E-state index in [0.717, 1.165) is 46.5 Å². The van der Waals surface area contributed by atoms with E-state index >= 15 is 0 Å². The van der Waals surface area contributed by atoms with E-state index in [1.54, 1.807) is 0 Å². The summed E-state index contributed by atoms with van der Waals surface area (Å²) in [7, 11) is 0.876. The first-order valence-corrected chi connectivity index (χ1v) is 18.2. The number of benzene rings is 7. The van der Waals surface area contributed by atoms with E-state index in [1.165, 1.54) is 66.4 Å². The molecule has 0 spiro atoms. The smallest absolute Gasteiger partial charge is 0.0472 e. The van der Waals surface area contributed by atoms with Crippen LogP contribution in [0, 0.1) is 0 Å². The maximum Gasteiger partial charge on any atom is 0.0472 e. The predicted octanol–water partition coefficient (Wildman–Crippen LogP) is 10.0. The molecule has 0 aliphatic rings. The van der Waals surface area contributed by atoms with Crippen LogP contribution in [0.25, 0.3) is 22.3 Å². The number of hydrogen-bond donors (Lipinski definition) is 0. The maximum atomic E-state index is 7.38. The summed E-state index contributed by atoms with van der Waals surface area (Å²) in [5.41, 5.74) is 15.2. The van der Waals surface area contributed by atoms with Crippen molar-refractivity contribution in [3.63, 3.8) is 0 Å². The van der Waals surface area contributed by atoms with Crippen LogP contribution >= 0.6 is 11.6 Å². The van der Waals surface area contributed by atoms with E-state index in [0.29, 0.717) is 0 Å². The van der Waals surface area contributed by atoms with E-state index in [9.17, 15) is 0 Å². The van der Waals surface area contributed by atoms with Crippen molar-refractivity contribution in [2.24, 2.45) is 0 Å². The topological polar surface area (TPSA) is 0 Å². The molecule has 0 bridgehead atoms. The van der Waals surface area contributed by atoms with Gasteiger partial charge >= 0.3 is 0 Å². The molecule has 0 saturated heterocycles. The Morgan fingerprint density at radius 2 is 0.688 bits per heavy atom. The summed E-state index contributed by atoms with van der Waals surface area (Å²) in [6, 6.07) is 61.8. The van der Waals surface area contributed by atoms with Crippen molar-refractivity contribution in [2.45, 2.75) is 25.7 Å². The Labute approximate surface area is 293 Å². The monoisotopic (exact) mass is 654 g/mol. The molecule has 0 radical (unpaired) electrons. The summed E-state index contributed by atoms with van der Waals surface area (Å²) in [5, 5.41) is 2.10. The second-order valence-corrected chi connectivity index (χ2v) is 14.3. The minimum absolute atomic E-state index is 0.873. The van der Waals surface area contributed by atoms with Gasteiger partial charge in [-0.1, -0.05) is 187 Å². The van der Waals surface area contributed by atoms with Gasteiger partial charge in [-0.3, -0.25) is 0 Å². The van der Waals surface area contributed by atoms with E-state index in [4.69, 9.17) is 11.6 Å². The third-order valence-electron chi connectivity index (χ3n) is 9.04. The Balaban J connectivity index is 1.37. The van der Waals surface area contributed by atoms with E-state index in [1.807, 2.05) is 0 Å². The maximum absolute atomic E-state index is 7.38. The van der Waals surface area contributed by atoms with Crippen molar-refractivity contribution in [3.05, 3.63) is 219 Å². The summed E-state index contributed by atoms with van der Waals surface area (Å²) in [6.45, 7) is 0. The molecular formula is C46H39ClSi. The van der Waals surface area contributed by atoms with Crippen LogP contribution in [0.15, 0.2) is 170 Å². The first-order valence-electron chi connectivity index (χ1n) is 16.8. The van der Waals surface area contributed by atoms with Crippen LogP contribution in [-0.4, -0.2) is 10.2 Å². The van der Waals surface area contributed by atoms with Crippen molar-refractivity contribution in [2.75, 3.05) is 0 Å². The third kappa shape index (κ3) is 7.77. The molecule has 7 rings (SSSR count). The predicted molar refractivity (Wildman–Crippen MR) is 209 cm³/mol. The molecule has 7 aromatic carbocycles. The average molecular weight is 655 g/mol. The second kappa shape index (κ2) is 14.9. The van der Waals surface area contributed by atoms with Gasteiger partial charge in [-0.2, -0.15) is 0 Å². The molecule has 0 saturated carbocycles. The zero-order chi connectivity index (χ0) is 32.7. The molecule has 0 N–H and O–H groups in total. The Morgan fingerprint density at radius 1 is 0.354 bits per heavy atom. The lowest BCUT2D eigenvalue weighted by Crippen LogP contribution is -2.07. The normalized spacial score (nSPS) is 11.1. The van der Waals surface area contributed by atoms with Crippen LogP contribution in [0.4, 0.5) is 0 Å². The van der Waals surface area contributed by atoms with Gasteiger partial charge in [-0.15, -0.1) is 0 Å². The van der Waals surface area contributed by atoms with Gasteiger partial charge in [0, 0.05) is 20.8 Å². The van der Waals surface area contributed by atoms with Crippen LogP contribution in [0.2, 0.25) is 5.02 Å². The molecule has 0 amide bonds. The fourth-order valence-corrected chi connectivity index (χ4v) is 7.45. The lowest BCUT2D eigenvalue weighted by molar-refractivity contribution is 1.14. The highest BCUT2D eigenvalue weighted by molar-refractivity contribution is 6.47. The zero-order valence-corrected chi connectivity index (χ0v) is 30.1. The minimum Gasteiger partial charge on any atom is -0.0838 e. The molecule has 0 nitrogen and oxygen atoms in total. The van der Waals surface area contributed by atoms with E-state index in [-0.39, 0.29) is 0 Å². The Hall–Kier alpha value is -4.95. The lowest BCUT2D eigenvalue weighted by Gasteiger charge is -2.19. The van der Waals surface area contributed by atoms with Gasteiger partial charge < -0.3 is 0 Å². The van der Waals surface area contributed by atoms with Crippen molar-refractivity contribution in [3.8, 4) is 22.3 Å². The molecule has 0 aromatic heterocycles. The van der Waals surface area contributed by atoms with Crippen LogP contribution < -0.4 is 5.19 Å². The van der Waals surface area contributed by atoms with Gasteiger partial charge in [0.25, 0.3) is 0 Å². The minimum atomic E-state index is 0.873. The largest absolute Gasteiger partial charge is 0.0838 e. The standard InChI is InChI=1S/C46H39ClSi/c47-46-44(48)22-21-43(41-29-37(23-33-13-5-1-6-14-33)27-38(30-41)24-34-15-7-2-8-16-34)45(46)42-31-39(25-35-17-9-3-10-18-35)28-40(32-42)26-36-19-11-4-12-20-36/h1-22,27-32H,23-26H2,48H3. The highest BCUT2D eigenvalue weighted by atomic mass is 35.5. The second-order valence-electron chi connectivity index (χ2n) is 12.8. The summed E-state index contributed by atoms with van der Waals surface area (Å²) >= 11 is 7.38. The van der Waals surface area contributed by atoms with Crippen molar-refractivity contribution >= 4 is 27.0 Å². The lowest BCUT2D eigenvalue weighted by atomic mass is 9.88. The quantitative estimate of drug-likeness (QED) is 0.129. The highest BCUT2D eigenvalue weighted by Gasteiger charge is 2.17. The van der Waals surface area contributed by atoms with Crippen LogP contribution in [0.1, 0.15) is 44.5 Å². The number of rotatable bonds is 10. The summed E-state index contributed by atoms with van der Waals surface area (Å²) in [4.78, 5) is 0. The van der Waals surface area contributed by atoms with Gasteiger partial charge in [0.05, 0.1) is 0 Å². The molecular weight excluding hydrogens is 616 g/mol. The van der Waals surface area contributed by atoms with E-state index < -0.39 is 0 Å². The SMILES string of the molecule is [SiH3]c1ccc(-c2cc(Cc3ccccc3)cc(Cc3ccccc3)c2)c(-c2cc(Cc3ccccc3)cc(Cc3ccccc3)c2)c1Cl. The van der Waals surface area contributed by atoms with Crippen LogP contribution in [0.5, 0.6) is 0 Å². The van der Waals surface area contributed by atoms with Crippen molar-refractivity contribution in [1.82, 2.24) is 0 Å². The Bertz CT molecular complexity index is 2000. The van der Waals surface area contributed by atoms with Crippen LogP contribution in [-0.2, 0) is 25.7 Å². The molecule has 0 aliphatic heterocycles. The third-order valence-corrected chi connectivity index (χ3v) is 10.7. The Kier molecular flexibility index (Phi) is 9.79. The molecule has 7 aromatic rings. The summed E-state index contributed by atoms with van der Waals surface area (Å²) in [6.07, 6.45) is 3.51. The average Bonchev–Trinajstić information content (AvgIpc) is 3.11. The van der Waals surface area contributed by atoms with E-state index in [2.05, 4.69) is 170 Å². The Morgan fingerprint density at radius 3 is 1.04 bits per heavy atom. The first-order chi connectivity index (χ1) is 23.6. The fraction of sp³-hybridized carbons (Fsp3) is 0.0870. The molecule has 0 heterocycles. The van der Waals surface area contributed by atoms with Gasteiger partial charge in [-0.25, -0.2) is 0 Å². The van der Waals surface area contributed by atoms with Gasteiger partial charge in [0.1, 0.15) is 0 Å². The first kappa shape index (κ1) is 31.6. The zero-order valence-electron chi connectivity index (χ0n) is 27.4. The van der Waals surface area contributed by atoms with Gasteiger partial charge in [0.2, 0.25) is 0 Å². The molecule has 48 heavy (non-hydrogen) atoms. The number of hydrogen-bond acceptors (Lipinski definition) is 0. The van der Waals surface area contributed by atoms with Crippen LogP contribution in [0.3, 0.4) is 0 Å². The molecule has 0 atom stereocenters. The number of halogens is 1. The van der Waals surface area contributed by atoms with Gasteiger partial charge in [0.15, 0.2) is 0 Å². The highest BCUT2D eigenvalue weighted by Crippen LogP contribution is 2.39. The summed E-state index contributed by atoms with van der Waals surface area (Å²) in [5.74, 6) is 0. The molecule has 0 unspecified atom stereocenters. The molecule has 0 fully saturated rings. The molecule has 0 aliphatic carbocycles. The fourth-order valence-electron chi connectivity index (χ4n) is 6.76.